The molecule has 0 N–H and O–H groups in total. The summed E-state index contributed by atoms with van der Waals surface area (Å²) in [4.78, 5) is 42.4. The van der Waals surface area contributed by atoms with E-state index in [1.807, 2.05) is 18.3 Å². The van der Waals surface area contributed by atoms with Crippen LogP contribution in [0.4, 0.5) is 4.39 Å². The van der Waals surface area contributed by atoms with Gasteiger partial charge in [-0.25, -0.2) is 4.39 Å². The average molecular weight is 412 g/mol. The molecular formula is C22H25FN4O3. The number of aromatic nitrogens is 1. The molecule has 2 aliphatic heterocycles. The smallest absolute Gasteiger partial charge is 0.232 e. The van der Waals surface area contributed by atoms with Crippen LogP contribution in [0.3, 0.4) is 0 Å². The Bertz CT molecular complexity index is 948. The van der Waals surface area contributed by atoms with Crippen LogP contribution in [0.25, 0.3) is 0 Å². The molecule has 0 spiro atoms. The first-order valence-corrected chi connectivity index (χ1v) is 10.2. The molecule has 3 heterocycles. The Labute approximate surface area is 174 Å². The molecule has 0 unspecified atom stereocenters. The molecular weight excluding hydrogens is 387 g/mol. The highest BCUT2D eigenvalue weighted by atomic mass is 19.1. The topological polar surface area (TPSA) is 65.9 Å². The van der Waals surface area contributed by atoms with E-state index in [9.17, 15) is 18.8 Å². The monoisotopic (exact) mass is 412 g/mol. The summed E-state index contributed by atoms with van der Waals surface area (Å²) in [7, 11) is 0. The fourth-order valence-corrected chi connectivity index (χ4v) is 4.26. The van der Waals surface area contributed by atoms with Crippen LogP contribution in [0, 0.1) is 5.82 Å². The number of carbonyl (C=O) groups is 3. The Morgan fingerprint density at radius 1 is 0.900 bits per heavy atom. The summed E-state index contributed by atoms with van der Waals surface area (Å²) in [5.41, 5.74) is 1.76. The fourth-order valence-electron chi connectivity index (χ4n) is 4.26. The lowest BCUT2D eigenvalue weighted by atomic mass is 9.99. The first-order valence-electron chi connectivity index (χ1n) is 10.2. The second-order valence-electron chi connectivity index (χ2n) is 7.73. The van der Waals surface area contributed by atoms with Crippen molar-refractivity contribution in [2.75, 3.05) is 32.7 Å². The zero-order valence-electron chi connectivity index (χ0n) is 17.0. The number of fused-ring (bicyclic) bond motifs is 1. The largest absolute Gasteiger partial charge is 0.348 e. The van der Waals surface area contributed by atoms with Crippen LogP contribution in [0.2, 0.25) is 0 Å². The molecule has 8 heteroatoms. The van der Waals surface area contributed by atoms with Gasteiger partial charge in [0.05, 0.1) is 6.04 Å². The third-order valence-electron chi connectivity index (χ3n) is 5.92. The first-order chi connectivity index (χ1) is 14.4. The van der Waals surface area contributed by atoms with Gasteiger partial charge in [-0.15, -0.1) is 0 Å². The lowest BCUT2D eigenvalue weighted by Gasteiger charge is -2.38. The Morgan fingerprint density at radius 2 is 1.57 bits per heavy atom. The fraction of sp³-hybridized carbons (Fsp3) is 0.409. The lowest BCUT2D eigenvalue weighted by Crippen LogP contribution is -2.51. The number of piperazine rings is 1. The minimum Gasteiger partial charge on any atom is -0.348 e. The normalized spacial score (nSPS) is 18.9. The maximum atomic E-state index is 13.4. The number of nitrogens with zero attached hydrogens (tertiary/aromatic N) is 4. The standard InChI is InChI=1S/C22H25FN4O3/c1-16(28)24-9-11-26(12-10-24)20(29)15-21(30)27-14-13-25-8-2-3-19(25)22(27)17-4-6-18(23)7-5-17/h2-8,22H,9-15H2,1H3/t22-/m1/s1. The molecule has 0 radical (unpaired) electrons. The minimum atomic E-state index is -0.357. The lowest BCUT2D eigenvalue weighted by molar-refractivity contribution is -0.145. The molecule has 3 amide bonds. The van der Waals surface area contributed by atoms with Crippen LogP contribution in [0.5, 0.6) is 0 Å². The third-order valence-corrected chi connectivity index (χ3v) is 5.92. The molecule has 1 saturated heterocycles. The summed E-state index contributed by atoms with van der Waals surface area (Å²) in [6, 6.07) is 9.68. The number of rotatable bonds is 3. The molecule has 2 aromatic rings. The van der Waals surface area contributed by atoms with Crippen LogP contribution in [-0.2, 0) is 20.9 Å². The number of hydrogen-bond donors (Lipinski definition) is 0. The Balaban J connectivity index is 1.49. The second-order valence-corrected chi connectivity index (χ2v) is 7.73. The average Bonchev–Trinajstić information content (AvgIpc) is 3.22. The highest BCUT2D eigenvalue weighted by molar-refractivity contribution is 5.97. The Hall–Kier alpha value is -3.16. The van der Waals surface area contributed by atoms with Gasteiger partial charge >= 0.3 is 0 Å². The highest BCUT2D eigenvalue weighted by Gasteiger charge is 2.34. The van der Waals surface area contributed by atoms with Gasteiger partial charge in [-0.2, -0.15) is 0 Å². The van der Waals surface area contributed by atoms with Crippen molar-refractivity contribution in [2.24, 2.45) is 0 Å². The molecule has 1 fully saturated rings. The van der Waals surface area contributed by atoms with Gasteiger partial charge in [-0.05, 0) is 29.8 Å². The van der Waals surface area contributed by atoms with Crippen molar-refractivity contribution in [3.63, 3.8) is 0 Å². The van der Waals surface area contributed by atoms with Gasteiger partial charge in [0, 0.05) is 58.1 Å². The predicted octanol–water partition coefficient (Wildman–Crippen LogP) is 1.64. The van der Waals surface area contributed by atoms with E-state index in [0.717, 1.165) is 11.3 Å². The highest BCUT2D eigenvalue weighted by Crippen LogP contribution is 2.33. The van der Waals surface area contributed by atoms with Gasteiger partial charge in [-0.1, -0.05) is 12.1 Å². The maximum Gasteiger partial charge on any atom is 0.232 e. The van der Waals surface area contributed by atoms with Gasteiger partial charge in [0.1, 0.15) is 12.2 Å². The van der Waals surface area contributed by atoms with E-state index in [-0.39, 0.29) is 36.0 Å². The SMILES string of the molecule is CC(=O)N1CCN(C(=O)CC(=O)N2CCn3cccc3[C@H]2c2ccc(F)cc2)CC1. The molecule has 4 rings (SSSR count). The van der Waals surface area contributed by atoms with Crippen molar-refractivity contribution < 1.29 is 18.8 Å². The van der Waals surface area contributed by atoms with Gasteiger partial charge in [-0.3, -0.25) is 14.4 Å². The summed E-state index contributed by atoms with van der Waals surface area (Å²) in [5.74, 6) is -0.794. The second kappa shape index (κ2) is 8.30. The molecule has 0 aliphatic carbocycles. The zero-order chi connectivity index (χ0) is 21.3. The third kappa shape index (κ3) is 3.94. The number of halogens is 1. The van der Waals surface area contributed by atoms with Gasteiger partial charge in [0.2, 0.25) is 17.7 Å². The minimum absolute atomic E-state index is 0.00312. The van der Waals surface area contributed by atoms with E-state index in [4.69, 9.17) is 0 Å². The predicted molar refractivity (Wildman–Crippen MR) is 108 cm³/mol. The summed E-state index contributed by atoms with van der Waals surface area (Å²) in [5, 5.41) is 0. The molecule has 0 bridgehead atoms. The van der Waals surface area contributed by atoms with E-state index in [1.165, 1.54) is 19.1 Å². The van der Waals surface area contributed by atoms with Gasteiger partial charge < -0.3 is 19.3 Å². The summed E-state index contributed by atoms with van der Waals surface area (Å²) in [6.07, 6.45) is 1.76. The van der Waals surface area contributed by atoms with Crippen molar-refractivity contribution in [3.05, 3.63) is 59.7 Å². The van der Waals surface area contributed by atoms with E-state index >= 15 is 0 Å². The quantitative estimate of drug-likeness (QED) is 0.720. The van der Waals surface area contributed by atoms with Gasteiger partial charge in [0.25, 0.3) is 0 Å². The van der Waals surface area contributed by atoms with Crippen LogP contribution in [0.1, 0.15) is 30.6 Å². The van der Waals surface area contributed by atoms with Crippen LogP contribution < -0.4 is 0 Å². The van der Waals surface area contributed by atoms with Gasteiger partial charge in [0.15, 0.2) is 0 Å². The van der Waals surface area contributed by atoms with E-state index in [1.54, 1.807) is 26.8 Å². The van der Waals surface area contributed by atoms with Crippen LogP contribution in [0.15, 0.2) is 42.6 Å². The molecule has 0 saturated carbocycles. The van der Waals surface area contributed by atoms with Crippen LogP contribution in [-0.4, -0.2) is 69.7 Å². The molecule has 30 heavy (non-hydrogen) atoms. The molecule has 2 aliphatic rings. The molecule has 158 valence electrons. The van der Waals surface area contributed by atoms with Crippen molar-refractivity contribution in [1.29, 1.82) is 0 Å². The van der Waals surface area contributed by atoms with E-state index < -0.39 is 0 Å². The van der Waals surface area contributed by atoms with Crippen molar-refractivity contribution in [1.82, 2.24) is 19.3 Å². The number of carbonyl (C=O) groups excluding carboxylic acids is 3. The van der Waals surface area contributed by atoms with Crippen molar-refractivity contribution in [2.45, 2.75) is 25.9 Å². The zero-order valence-corrected chi connectivity index (χ0v) is 17.0. The van der Waals surface area contributed by atoms with Crippen molar-refractivity contribution >= 4 is 17.7 Å². The van der Waals surface area contributed by atoms with Crippen molar-refractivity contribution in [3.8, 4) is 0 Å². The number of benzene rings is 1. The summed E-state index contributed by atoms with van der Waals surface area (Å²) in [6.45, 7) is 4.51. The number of hydrogen-bond acceptors (Lipinski definition) is 3. The molecule has 7 nitrogen and oxygen atoms in total. The number of amides is 3. The summed E-state index contributed by atoms with van der Waals surface area (Å²) >= 11 is 0. The Kier molecular flexibility index (Phi) is 5.57. The first kappa shape index (κ1) is 20.1. The maximum absolute atomic E-state index is 13.4. The molecule has 1 atom stereocenters. The summed E-state index contributed by atoms with van der Waals surface area (Å²) < 4.78 is 15.5. The molecule has 1 aromatic heterocycles. The van der Waals surface area contributed by atoms with Crippen LogP contribution >= 0.6 is 0 Å². The van der Waals surface area contributed by atoms with E-state index in [2.05, 4.69) is 4.57 Å². The van der Waals surface area contributed by atoms with E-state index in [0.29, 0.717) is 39.3 Å². The Morgan fingerprint density at radius 3 is 2.23 bits per heavy atom. The molecule has 1 aromatic carbocycles.